The summed E-state index contributed by atoms with van der Waals surface area (Å²) in [5.74, 6) is 0.661. The average molecular weight is 316 g/mol. The lowest BCUT2D eigenvalue weighted by atomic mass is 10.1. The van der Waals surface area contributed by atoms with Gasteiger partial charge in [-0.25, -0.2) is 8.42 Å². The molecule has 0 spiro atoms. The Morgan fingerprint density at radius 2 is 2.10 bits per heavy atom. The standard InChI is InChI=1S/C14H18ClNO3S/c1-10-2-3-11(6-13(10)15)7-14(17)16-5-4-12-8-20(18,19)9-12/h2-3,6,12H,4-5,7-9H2,1H3,(H,16,17). The largest absolute Gasteiger partial charge is 0.356 e. The summed E-state index contributed by atoms with van der Waals surface area (Å²) in [6.45, 7) is 2.44. The number of amides is 1. The highest BCUT2D eigenvalue weighted by Crippen LogP contribution is 2.21. The van der Waals surface area contributed by atoms with Crippen LogP contribution in [0.1, 0.15) is 17.5 Å². The van der Waals surface area contributed by atoms with Crippen LogP contribution in [0.5, 0.6) is 0 Å². The lowest BCUT2D eigenvalue weighted by Crippen LogP contribution is -2.39. The number of carbonyl (C=O) groups excluding carboxylic acids is 1. The molecule has 1 fully saturated rings. The molecule has 1 saturated heterocycles. The van der Waals surface area contributed by atoms with Crippen molar-refractivity contribution in [3.05, 3.63) is 34.3 Å². The molecule has 1 amide bonds. The molecule has 0 aromatic heterocycles. The highest BCUT2D eigenvalue weighted by molar-refractivity contribution is 7.92. The van der Waals surface area contributed by atoms with E-state index in [1.165, 1.54) is 0 Å². The summed E-state index contributed by atoms with van der Waals surface area (Å²) in [5, 5.41) is 3.48. The Hall–Kier alpha value is -1.07. The van der Waals surface area contributed by atoms with Gasteiger partial charge in [0, 0.05) is 11.6 Å². The van der Waals surface area contributed by atoms with E-state index >= 15 is 0 Å². The molecule has 110 valence electrons. The van der Waals surface area contributed by atoms with E-state index in [-0.39, 0.29) is 23.3 Å². The first-order valence-electron chi connectivity index (χ1n) is 6.58. The highest BCUT2D eigenvalue weighted by atomic mass is 35.5. The quantitative estimate of drug-likeness (QED) is 0.900. The molecule has 1 aromatic rings. The van der Waals surface area contributed by atoms with E-state index in [1.54, 1.807) is 6.07 Å². The number of hydrogen-bond acceptors (Lipinski definition) is 3. The Labute approximate surface area is 124 Å². The maximum atomic E-state index is 11.8. The molecule has 0 unspecified atom stereocenters. The summed E-state index contributed by atoms with van der Waals surface area (Å²) in [5.41, 5.74) is 1.87. The number of benzene rings is 1. The topological polar surface area (TPSA) is 63.2 Å². The molecule has 6 heteroatoms. The van der Waals surface area contributed by atoms with Crippen LogP contribution in [0.2, 0.25) is 5.02 Å². The number of nitrogens with one attached hydrogen (secondary N) is 1. The van der Waals surface area contributed by atoms with Gasteiger partial charge in [0.05, 0.1) is 17.9 Å². The summed E-state index contributed by atoms with van der Waals surface area (Å²) in [6, 6.07) is 5.58. The van der Waals surface area contributed by atoms with Gasteiger partial charge in [-0.1, -0.05) is 23.7 Å². The number of carbonyl (C=O) groups is 1. The van der Waals surface area contributed by atoms with Gasteiger partial charge in [-0.05, 0) is 36.5 Å². The fraction of sp³-hybridized carbons (Fsp3) is 0.500. The third kappa shape index (κ3) is 4.21. The number of aryl methyl sites for hydroxylation is 1. The van der Waals surface area contributed by atoms with E-state index in [1.807, 2.05) is 19.1 Å². The van der Waals surface area contributed by atoms with Gasteiger partial charge in [-0.15, -0.1) is 0 Å². The average Bonchev–Trinajstić information content (AvgIpc) is 2.31. The van der Waals surface area contributed by atoms with Crippen molar-refractivity contribution in [3.63, 3.8) is 0 Å². The Kier molecular flexibility index (Phi) is 4.70. The first-order valence-corrected chi connectivity index (χ1v) is 8.78. The first kappa shape index (κ1) is 15.3. The van der Waals surface area contributed by atoms with Crippen molar-refractivity contribution in [2.75, 3.05) is 18.1 Å². The number of sulfone groups is 1. The molecule has 0 radical (unpaired) electrons. The Morgan fingerprint density at radius 1 is 1.40 bits per heavy atom. The van der Waals surface area contributed by atoms with E-state index in [0.29, 0.717) is 18.0 Å². The Bertz CT molecular complexity index is 601. The Morgan fingerprint density at radius 3 is 2.70 bits per heavy atom. The van der Waals surface area contributed by atoms with E-state index in [4.69, 9.17) is 11.6 Å². The van der Waals surface area contributed by atoms with Crippen LogP contribution in [-0.4, -0.2) is 32.4 Å². The van der Waals surface area contributed by atoms with Crippen LogP contribution >= 0.6 is 11.6 Å². The fourth-order valence-electron chi connectivity index (χ4n) is 2.25. The maximum Gasteiger partial charge on any atom is 0.224 e. The fourth-order valence-corrected chi connectivity index (χ4v) is 4.12. The lowest BCUT2D eigenvalue weighted by Gasteiger charge is -2.25. The summed E-state index contributed by atoms with van der Waals surface area (Å²) in [4.78, 5) is 11.8. The van der Waals surface area contributed by atoms with Crippen molar-refractivity contribution in [2.24, 2.45) is 5.92 Å². The van der Waals surface area contributed by atoms with Crippen molar-refractivity contribution in [1.82, 2.24) is 5.32 Å². The van der Waals surface area contributed by atoms with E-state index in [0.717, 1.165) is 17.5 Å². The molecule has 1 aliphatic rings. The van der Waals surface area contributed by atoms with Crippen molar-refractivity contribution in [1.29, 1.82) is 0 Å². The third-order valence-electron chi connectivity index (χ3n) is 3.45. The Balaban J connectivity index is 1.71. The SMILES string of the molecule is Cc1ccc(CC(=O)NCCC2CS(=O)(=O)C2)cc1Cl. The van der Waals surface area contributed by atoms with Gasteiger partial charge in [0.25, 0.3) is 0 Å². The van der Waals surface area contributed by atoms with E-state index < -0.39 is 9.84 Å². The monoisotopic (exact) mass is 315 g/mol. The molecular weight excluding hydrogens is 298 g/mol. The predicted molar refractivity (Wildman–Crippen MR) is 79.7 cm³/mol. The minimum Gasteiger partial charge on any atom is -0.356 e. The second-order valence-electron chi connectivity index (χ2n) is 5.34. The third-order valence-corrected chi connectivity index (χ3v) is 5.82. The molecule has 1 aromatic carbocycles. The van der Waals surface area contributed by atoms with Gasteiger partial charge < -0.3 is 5.32 Å². The molecule has 2 rings (SSSR count). The molecule has 0 saturated carbocycles. The number of hydrogen-bond donors (Lipinski definition) is 1. The minimum atomic E-state index is -2.77. The van der Waals surface area contributed by atoms with Gasteiger partial charge in [0.1, 0.15) is 0 Å². The van der Waals surface area contributed by atoms with Gasteiger partial charge >= 0.3 is 0 Å². The highest BCUT2D eigenvalue weighted by Gasteiger charge is 2.32. The van der Waals surface area contributed by atoms with E-state index in [2.05, 4.69) is 5.32 Å². The molecule has 1 N–H and O–H groups in total. The molecule has 1 aliphatic heterocycles. The molecule has 1 heterocycles. The maximum absolute atomic E-state index is 11.8. The molecule has 0 bridgehead atoms. The molecule has 0 atom stereocenters. The zero-order chi connectivity index (χ0) is 14.8. The van der Waals surface area contributed by atoms with Crippen LogP contribution in [0.3, 0.4) is 0 Å². The summed E-state index contributed by atoms with van der Waals surface area (Å²) < 4.78 is 22.0. The van der Waals surface area contributed by atoms with Crippen LogP contribution in [0.4, 0.5) is 0 Å². The van der Waals surface area contributed by atoms with Crippen molar-refractivity contribution >= 4 is 27.3 Å². The second kappa shape index (κ2) is 6.14. The van der Waals surface area contributed by atoms with Crippen LogP contribution in [0.15, 0.2) is 18.2 Å². The first-order chi connectivity index (χ1) is 9.35. The summed E-state index contributed by atoms with van der Waals surface area (Å²) in [7, 11) is -2.77. The van der Waals surface area contributed by atoms with Gasteiger partial charge in [0.2, 0.25) is 5.91 Å². The minimum absolute atomic E-state index is 0.0629. The summed E-state index contributed by atoms with van der Waals surface area (Å²) >= 11 is 6.01. The van der Waals surface area contributed by atoms with Gasteiger partial charge in [-0.2, -0.15) is 0 Å². The number of halogens is 1. The van der Waals surface area contributed by atoms with E-state index in [9.17, 15) is 13.2 Å². The molecule has 4 nitrogen and oxygen atoms in total. The molecular formula is C14H18ClNO3S. The number of rotatable bonds is 5. The van der Waals surface area contributed by atoms with Crippen LogP contribution < -0.4 is 5.32 Å². The van der Waals surface area contributed by atoms with Crippen LogP contribution in [0.25, 0.3) is 0 Å². The molecule has 20 heavy (non-hydrogen) atoms. The normalized spacial score (nSPS) is 17.5. The van der Waals surface area contributed by atoms with Gasteiger partial charge in [0.15, 0.2) is 9.84 Å². The van der Waals surface area contributed by atoms with Crippen LogP contribution in [-0.2, 0) is 21.1 Å². The van der Waals surface area contributed by atoms with Crippen molar-refractivity contribution in [2.45, 2.75) is 19.8 Å². The zero-order valence-corrected chi connectivity index (χ0v) is 12.9. The zero-order valence-electron chi connectivity index (χ0n) is 11.4. The van der Waals surface area contributed by atoms with Crippen molar-refractivity contribution in [3.8, 4) is 0 Å². The second-order valence-corrected chi connectivity index (χ2v) is 7.90. The summed E-state index contributed by atoms with van der Waals surface area (Å²) in [6.07, 6.45) is 1.02. The predicted octanol–water partition coefficient (Wildman–Crippen LogP) is 1.74. The lowest BCUT2D eigenvalue weighted by molar-refractivity contribution is -0.120. The smallest absolute Gasteiger partial charge is 0.224 e. The van der Waals surface area contributed by atoms with Crippen LogP contribution in [0, 0.1) is 12.8 Å². The van der Waals surface area contributed by atoms with Crippen molar-refractivity contribution < 1.29 is 13.2 Å². The van der Waals surface area contributed by atoms with Gasteiger partial charge in [-0.3, -0.25) is 4.79 Å². The molecule has 0 aliphatic carbocycles.